The lowest BCUT2D eigenvalue weighted by Gasteiger charge is -2.19. The van der Waals surface area contributed by atoms with E-state index in [2.05, 4.69) is 10.3 Å². The maximum atomic E-state index is 12.2. The van der Waals surface area contributed by atoms with E-state index in [-0.39, 0.29) is 11.9 Å². The average Bonchev–Trinajstić information content (AvgIpc) is 2.89. The fraction of sp³-hybridized carbons (Fsp3) is 0.375. The van der Waals surface area contributed by atoms with Gasteiger partial charge in [-0.05, 0) is 19.7 Å². The van der Waals surface area contributed by atoms with Crippen LogP contribution in [0.4, 0.5) is 0 Å². The fourth-order valence-corrected chi connectivity index (χ4v) is 2.16. The molecule has 0 saturated carbocycles. The number of aromatic nitrogens is 2. The van der Waals surface area contributed by atoms with E-state index < -0.39 is 0 Å². The number of rotatable bonds is 6. The summed E-state index contributed by atoms with van der Waals surface area (Å²) >= 11 is 0. The van der Waals surface area contributed by atoms with Crippen LogP contribution in [0.15, 0.2) is 42.7 Å². The molecule has 1 atom stereocenters. The van der Waals surface area contributed by atoms with Gasteiger partial charge in [0.05, 0.1) is 0 Å². The highest BCUT2D eigenvalue weighted by molar-refractivity contribution is 5.77. The minimum Gasteiger partial charge on any atom is -0.342 e. The van der Waals surface area contributed by atoms with Crippen LogP contribution in [0.3, 0.4) is 0 Å². The van der Waals surface area contributed by atoms with Crippen LogP contribution < -0.4 is 5.32 Å². The Morgan fingerprint density at radius 3 is 2.62 bits per heavy atom. The van der Waals surface area contributed by atoms with Crippen LogP contribution in [0.2, 0.25) is 0 Å². The number of hydrogen-bond acceptors (Lipinski definition) is 3. The van der Waals surface area contributed by atoms with Gasteiger partial charge >= 0.3 is 0 Å². The van der Waals surface area contributed by atoms with Crippen molar-refractivity contribution in [1.29, 1.82) is 0 Å². The Balaban J connectivity index is 2.18. The molecular weight excluding hydrogens is 264 g/mol. The number of carbonyl (C=O) groups is 1. The van der Waals surface area contributed by atoms with Crippen molar-refractivity contribution in [3.8, 4) is 0 Å². The second kappa shape index (κ2) is 7.04. The molecule has 5 heteroatoms. The van der Waals surface area contributed by atoms with E-state index in [1.807, 2.05) is 67.1 Å². The Kier molecular flexibility index (Phi) is 5.11. The van der Waals surface area contributed by atoms with Gasteiger partial charge in [-0.1, -0.05) is 30.3 Å². The van der Waals surface area contributed by atoms with Crippen LogP contribution in [-0.2, 0) is 11.8 Å². The third-order valence-corrected chi connectivity index (χ3v) is 3.34. The van der Waals surface area contributed by atoms with Crippen molar-refractivity contribution in [3.05, 3.63) is 54.1 Å². The normalized spacial score (nSPS) is 12.4. The molecule has 2 rings (SSSR count). The van der Waals surface area contributed by atoms with E-state index in [0.717, 1.165) is 17.9 Å². The molecule has 0 aliphatic rings. The lowest BCUT2D eigenvalue weighted by atomic mass is 10.1. The van der Waals surface area contributed by atoms with Gasteiger partial charge in [0.25, 0.3) is 0 Å². The summed E-state index contributed by atoms with van der Waals surface area (Å²) in [7, 11) is 5.85. The second-order valence-electron chi connectivity index (χ2n) is 5.36. The highest BCUT2D eigenvalue weighted by atomic mass is 16.1. The van der Waals surface area contributed by atoms with Gasteiger partial charge in [0.1, 0.15) is 11.9 Å². The van der Waals surface area contributed by atoms with Crippen molar-refractivity contribution in [1.82, 2.24) is 19.8 Å². The number of aryl methyl sites for hydroxylation is 1. The molecule has 2 aromatic rings. The number of carbonyl (C=O) groups excluding carboxylic acids is 1. The first-order chi connectivity index (χ1) is 10.1. The summed E-state index contributed by atoms with van der Waals surface area (Å²) in [5.41, 5.74) is 1.03. The van der Waals surface area contributed by atoms with Crippen LogP contribution in [-0.4, -0.2) is 41.0 Å². The van der Waals surface area contributed by atoms with Gasteiger partial charge in [-0.15, -0.1) is 0 Å². The van der Waals surface area contributed by atoms with Crippen molar-refractivity contribution in [2.45, 2.75) is 12.5 Å². The number of amides is 1. The Morgan fingerprint density at radius 2 is 2.05 bits per heavy atom. The summed E-state index contributed by atoms with van der Waals surface area (Å²) in [6.07, 6.45) is 4.11. The summed E-state index contributed by atoms with van der Waals surface area (Å²) in [5, 5.41) is 3.08. The molecule has 0 radical (unpaired) electrons. The maximum absolute atomic E-state index is 12.2. The van der Waals surface area contributed by atoms with E-state index in [0.29, 0.717) is 6.42 Å². The predicted octanol–water partition coefficient (Wildman–Crippen LogP) is 1.58. The van der Waals surface area contributed by atoms with E-state index >= 15 is 0 Å². The SMILES string of the molecule is CN(C)CCC(=O)NC(c1ccccc1)c1nccn1C. The highest BCUT2D eigenvalue weighted by Gasteiger charge is 2.20. The van der Waals surface area contributed by atoms with Crippen molar-refractivity contribution >= 4 is 5.91 Å². The molecule has 0 spiro atoms. The quantitative estimate of drug-likeness (QED) is 0.877. The Labute approximate surface area is 125 Å². The predicted molar refractivity (Wildman–Crippen MR) is 82.8 cm³/mol. The zero-order valence-electron chi connectivity index (χ0n) is 12.8. The fourth-order valence-electron chi connectivity index (χ4n) is 2.16. The zero-order chi connectivity index (χ0) is 15.2. The smallest absolute Gasteiger partial charge is 0.222 e. The lowest BCUT2D eigenvalue weighted by molar-refractivity contribution is -0.121. The van der Waals surface area contributed by atoms with E-state index in [1.165, 1.54) is 0 Å². The number of nitrogens with one attached hydrogen (secondary N) is 1. The molecule has 21 heavy (non-hydrogen) atoms. The monoisotopic (exact) mass is 286 g/mol. The number of imidazole rings is 1. The Hall–Kier alpha value is -2.14. The molecular formula is C16H22N4O. The van der Waals surface area contributed by atoms with E-state index in [1.54, 1.807) is 6.20 Å². The van der Waals surface area contributed by atoms with Crippen LogP contribution in [0.1, 0.15) is 23.9 Å². The molecule has 0 aliphatic heterocycles. The van der Waals surface area contributed by atoms with Crippen LogP contribution >= 0.6 is 0 Å². The van der Waals surface area contributed by atoms with E-state index in [4.69, 9.17) is 0 Å². The molecule has 1 aromatic carbocycles. The van der Waals surface area contributed by atoms with Crippen molar-refractivity contribution in [3.63, 3.8) is 0 Å². The zero-order valence-corrected chi connectivity index (χ0v) is 12.8. The topological polar surface area (TPSA) is 50.2 Å². The summed E-state index contributed by atoms with van der Waals surface area (Å²) < 4.78 is 1.93. The first-order valence-corrected chi connectivity index (χ1v) is 7.04. The van der Waals surface area contributed by atoms with Gasteiger partial charge in [-0.25, -0.2) is 4.98 Å². The first kappa shape index (κ1) is 15.3. The van der Waals surface area contributed by atoms with Crippen molar-refractivity contribution in [2.75, 3.05) is 20.6 Å². The van der Waals surface area contributed by atoms with Crippen molar-refractivity contribution in [2.24, 2.45) is 7.05 Å². The summed E-state index contributed by atoms with van der Waals surface area (Å²) in [4.78, 5) is 18.5. The molecule has 0 fully saturated rings. The van der Waals surface area contributed by atoms with Gasteiger partial charge in [0, 0.05) is 32.4 Å². The van der Waals surface area contributed by atoms with Crippen LogP contribution in [0.25, 0.3) is 0 Å². The van der Waals surface area contributed by atoms with Gasteiger partial charge < -0.3 is 14.8 Å². The average molecular weight is 286 g/mol. The molecule has 1 amide bonds. The molecule has 1 N–H and O–H groups in total. The van der Waals surface area contributed by atoms with Gasteiger partial charge in [0.15, 0.2) is 0 Å². The molecule has 112 valence electrons. The minimum absolute atomic E-state index is 0.0283. The van der Waals surface area contributed by atoms with Crippen molar-refractivity contribution < 1.29 is 4.79 Å². The van der Waals surface area contributed by atoms with Crippen LogP contribution in [0.5, 0.6) is 0 Å². The summed E-state index contributed by atoms with van der Waals surface area (Å²) in [6, 6.07) is 9.69. The largest absolute Gasteiger partial charge is 0.342 e. The lowest BCUT2D eigenvalue weighted by Crippen LogP contribution is -2.32. The molecule has 0 aliphatic carbocycles. The third-order valence-electron chi connectivity index (χ3n) is 3.34. The number of benzene rings is 1. The molecule has 1 aromatic heterocycles. The minimum atomic E-state index is -0.221. The molecule has 0 saturated heterocycles. The Morgan fingerprint density at radius 1 is 1.33 bits per heavy atom. The highest BCUT2D eigenvalue weighted by Crippen LogP contribution is 2.20. The first-order valence-electron chi connectivity index (χ1n) is 7.04. The standard InChI is InChI=1S/C16H22N4O/c1-19(2)11-9-14(21)18-15(13-7-5-4-6-8-13)16-17-10-12-20(16)3/h4-8,10,12,15H,9,11H2,1-3H3,(H,18,21). The van der Waals surface area contributed by atoms with Gasteiger partial charge in [-0.2, -0.15) is 0 Å². The summed E-state index contributed by atoms with van der Waals surface area (Å²) in [5.74, 6) is 0.861. The third kappa shape index (κ3) is 4.16. The molecule has 0 bridgehead atoms. The molecule has 5 nitrogen and oxygen atoms in total. The van der Waals surface area contributed by atoms with Crippen LogP contribution in [0, 0.1) is 0 Å². The number of nitrogens with zero attached hydrogens (tertiary/aromatic N) is 3. The van der Waals surface area contributed by atoms with Gasteiger partial charge in [-0.3, -0.25) is 4.79 Å². The molecule has 1 unspecified atom stereocenters. The molecule has 1 heterocycles. The van der Waals surface area contributed by atoms with Gasteiger partial charge in [0.2, 0.25) is 5.91 Å². The summed E-state index contributed by atoms with van der Waals surface area (Å²) in [6.45, 7) is 0.730. The van der Waals surface area contributed by atoms with E-state index in [9.17, 15) is 4.79 Å². The second-order valence-corrected chi connectivity index (χ2v) is 5.36. The Bertz CT molecular complexity index is 577. The number of hydrogen-bond donors (Lipinski definition) is 1. The maximum Gasteiger partial charge on any atom is 0.222 e.